The van der Waals surface area contributed by atoms with E-state index in [1.165, 1.54) is 35.2 Å². The Bertz CT molecular complexity index is 931. The van der Waals surface area contributed by atoms with Gasteiger partial charge in [-0.1, -0.05) is 61.9 Å². The van der Waals surface area contributed by atoms with Crippen LogP contribution >= 0.6 is 0 Å². The number of rotatable bonds is 8. The van der Waals surface area contributed by atoms with Crippen LogP contribution in [0.5, 0.6) is 0 Å². The number of nitrogens with zero attached hydrogens (tertiary/aromatic N) is 2. The maximum absolute atomic E-state index is 12.9. The van der Waals surface area contributed by atoms with Crippen LogP contribution in [0.1, 0.15) is 50.2 Å². The van der Waals surface area contributed by atoms with Crippen molar-refractivity contribution in [3.63, 3.8) is 0 Å². The molecule has 3 heteroatoms. The molecule has 0 fully saturated rings. The Hall–Kier alpha value is -2.65. The molecule has 0 saturated carbocycles. The summed E-state index contributed by atoms with van der Waals surface area (Å²) in [4.78, 5) is 14.9. The molecule has 2 heterocycles. The minimum Gasteiger partial charge on any atom is -0.339 e. The van der Waals surface area contributed by atoms with Crippen LogP contribution in [0.15, 0.2) is 66.9 Å². The quantitative estimate of drug-likeness (QED) is 0.506. The van der Waals surface area contributed by atoms with Crippen molar-refractivity contribution in [2.24, 2.45) is 0 Å². The number of unbranched alkanes of at least 4 members (excludes halogenated alkanes) is 1. The lowest BCUT2D eigenvalue weighted by atomic mass is 9.99. The van der Waals surface area contributed by atoms with Crippen molar-refractivity contribution in [1.82, 2.24) is 9.38 Å². The molecular formula is C27H33N2O+. The average molecular weight is 402 g/mol. The van der Waals surface area contributed by atoms with Crippen LogP contribution in [0.25, 0.3) is 11.6 Å². The van der Waals surface area contributed by atoms with Crippen molar-refractivity contribution in [3.8, 4) is 0 Å². The third-order valence-electron chi connectivity index (χ3n) is 6.52. The van der Waals surface area contributed by atoms with Crippen molar-refractivity contribution in [1.29, 1.82) is 0 Å². The smallest absolute Gasteiger partial charge is 0.223 e. The zero-order valence-electron chi connectivity index (χ0n) is 18.1. The van der Waals surface area contributed by atoms with E-state index in [1.54, 1.807) is 0 Å². The van der Waals surface area contributed by atoms with Gasteiger partial charge >= 0.3 is 0 Å². The summed E-state index contributed by atoms with van der Waals surface area (Å²) in [7, 11) is 0. The first-order valence-electron chi connectivity index (χ1n) is 11.4. The van der Waals surface area contributed by atoms with Crippen LogP contribution < -0.4 is 4.48 Å². The van der Waals surface area contributed by atoms with Gasteiger partial charge in [0, 0.05) is 43.6 Å². The highest BCUT2D eigenvalue weighted by Gasteiger charge is 2.33. The predicted octanol–water partition coefficient (Wildman–Crippen LogP) is 5.87. The fourth-order valence-electron chi connectivity index (χ4n) is 4.76. The molecule has 2 aliphatic heterocycles. The third-order valence-corrected chi connectivity index (χ3v) is 6.52. The lowest BCUT2D eigenvalue weighted by molar-refractivity contribution is -0.130. The van der Waals surface area contributed by atoms with Gasteiger partial charge in [0.25, 0.3) is 0 Å². The Morgan fingerprint density at radius 2 is 1.77 bits per heavy atom. The number of hydrogen-bond acceptors (Lipinski definition) is 1. The van der Waals surface area contributed by atoms with E-state index in [1.807, 2.05) is 11.0 Å². The Morgan fingerprint density at radius 3 is 2.53 bits per heavy atom. The molecule has 0 N–H and O–H groups in total. The number of hydrogen-bond donors (Lipinski definition) is 0. The van der Waals surface area contributed by atoms with Gasteiger partial charge in [0.05, 0.1) is 13.1 Å². The summed E-state index contributed by atoms with van der Waals surface area (Å²) in [5.41, 5.74) is 5.37. The molecule has 1 unspecified atom stereocenters. The van der Waals surface area contributed by atoms with Crippen LogP contribution in [0.3, 0.4) is 0 Å². The number of amides is 1. The van der Waals surface area contributed by atoms with Crippen LogP contribution in [0.2, 0.25) is 0 Å². The first-order valence-corrected chi connectivity index (χ1v) is 11.4. The summed E-state index contributed by atoms with van der Waals surface area (Å²) in [5.74, 6) is 0.295. The summed E-state index contributed by atoms with van der Waals surface area (Å²) in [6.45, 7) is 5.93. The maximum atomic E-state index is 12.9. The Morgan fingerprint density at radius 1 is 1.00 bits per heavy atom. The highest BCUT2D eigenvalue weighted by molar-refractivity contribution is 5.78. The molecule has 156 valence electrons. The standard InChI is InChI=1S/C27H33N2O/c1-2-3-20-29(22-17-25-12-7-8-13-26(25)29)21-9-14-27(30)28-18-15-24(16-19-28)23-10-5-4-6-11-23/h4-8,10-13,15,17,22H,2-3,9,14,16,18-21H2,1H3/q+1. The maximum Gasteiger partial charge on any atom is 0.223 e. The number of benzene rings is 2. The fraction of sp³-hybridized carbons (Fsp3) is 0.370. The molecular weight excluding hydrogens is 368 g/mol. The number of carbonyl (C=O) groups is 1. The highest BCUT2D eigenvalue weighted by atomic mass is 16.2. The van der Waals surface area contributed by atoms with Crippen molar-refractivity contribution in [2.75, 3.05) is 26.2 Å². The molecule has 1 atom stereocenters. The lowest BCUT2D eigenvalue weighted by Gasteiger charge is -2.33. The van der Waals surface area contributed by atoms with Gasteiger partial charge in [-0.2, -0.15) is 0 Å². The van der Waals surface area contributed by atoms with Crippen LogP contribution in [0, 0.1) is 0 Å². The summed E-state index contributed by atoms with van der Waals surface area (Å²) >= 11 is 0. The van der Waals surface area contributed by atoms with E-state index in [9.17, 15) is 4.79 Å². The van der Waals surface area contributed by atoms with Gasteiger partial charge in [-0.3, -0.25) is 9.28 Å². The van der Waals surface area contributed by atoms with Gasteiger partial charge in [0.2, 0.25) is 5.91 Å². The summed E-state index contributed by atoms with van der Waals surface area (Å²) in [6, 6.07) is 19.2. The second-order valence-electron chi connectivity index (χ2n) is 8.50. The van der Waals surface area contributed by atoms with Gasteiger partial charge in [-0.15, -0.1) is 0 Å². The first-order chi connectivity index (χ1) is 14.7. The van der Waals surface area contributed by atoms with Gasteiger partial charge in [0.15, 0.2) is 0 Å². The molecule has 0 radical (unpaired) electrons. The first kappa shape index (κ1) is 20.6. The van der Waals surface area contributed by atoms with Crippen molar-refractivity contribution in [3.05, 3.63) is 78.0 Å². The van der Waals surface area contributed by atoms with Crippen LogP contribution in [-0.2, 0) is 4.79 Å². The molecule has 4 rings (SSSR count). The topological polar surface area (TPSA) is 20.3 Å². The summed E-state index contributed by atoms with van der Waals surface area (Å²) < 4.78 is 0.898. The zero-order valence-corrected chi connectivity index (χ0v) is 18.1. The van der Waals surface area contributed by atoms with E-state index in [2.05, 4.69) is 73.8 Å². The molecule has 1 amide bonds. The van der Waals surface area contributed by atoms with E-state index in [4.69, 9.17) is 0 Å². The minimum atomic E-state index is 0.295. The molecule has 2 aromatic carbocycles. The second-order valence-corrected chi connectivity index (χ2v) is 8.50. The molecule has 0 aliphatic carbocycles. The van der Waals surface area contributed by atoms with Crippen molar-refractivity contribution >= 4 is 23.2 Å². The Labute approximate surface area is 180 Å². The molecule has 30 heavy (non-hydrogen) atoms. The monoisotopic (exact) mass is 401 g/mol. The van der Waals surface area contributed by atoms with Gasteiger partial charge < -0.3 is 4.90 Å². The van der Waals surface area contributed by atoms with E-state index in [-0.39, 0.29) is 0 Å². The fourth-order valence-corrected chi connectivity index (χ4v) is 4.76. The minimum absolute atomic E-state index is 0.295. The van der Waals surface area contributed by atoms with Gasteiger partial charge in [0.1, 0.15) is 11.9 Å². The van der Waals surface area contributed by atoms with E-state index >= 15 is 0 Å². The molecule has 0 saturated heterocycles. The largest absolute Gasteiger partial charge is 0.339 e. The molecule has 0 bridgehead atoms. The second kappa shape index (κ2) is 9.44. The average Bonchev–Trinajstić information content (AvgIpc) is 3.17. The molecule has 3 nitrogen and oxygen atoms in total. The molecule has 0 spiro atoms. The number of quaternary nitrogens is 1. The van der Waals surface area contributed by atoms with E-state index in [0.29, 0.717) is 12.3 Å². The summed E-state index contributed by atoms with van der Waals surface area (Å²) in [5, 5.41) is 0. The van der Waals surface area contributed by atoms with Gasteiger partial charge in [-0.05, 0) is 30.0 Å². The normalized spacial score (nSPS) is 20.2. The Balaban J connectivity index is 1.34. The molecule has 2 aliphatic rings. The summed E-state index contributed by atoms with van der Waals surface area (Å²) in [6.07, 6.45) is 11.7. The number of fused-ring (bicyclic) bond motifs is 1. The molecule has 0 aromatic heterocycles. The van der Waals surface area contributed by atoms with E-state index < -0.39 is 0 Å². The van der Waals surface area contributed by atoms with Crippen LogP contribution in [0.4, 0.5) is 5.69 Å². The SMILES string of the molecule is CCCC[N+]1(CCCC(=O)N2CC=C(c3ccccc3)CC2)C=Cc2ccccc21. The van der Waals surface area contributed by atoms with Crippen molar-refractivity contribution in [2.45, 2.75) is 39.0 Å². The number of para-hydroxylation sites is 1. The number of carbonyl (C=O) groups excluding carboxylic acids is 1. The molecule has 2 aromatic rings. The third kappa shape index (κ3) is 4.41. The predicted molar refractivity (Wildman–Crippen MR) is 127 cm³/mol. The highest BCUT2D eigenvalue weighted by Crippen LogP contribution is 2.36. The zero-order chi connectivity index (χ0) is 20.8. The van der Waals surface area contributed by atoms with Crippen molar-refractivity contribution < 1.29 is 4.79 Å². The lowest BCUT2D eigenvalue weighted by Crippen LogP contribution is -2.44. The van der Waals surface area contributed by atoms with E-state index in [0.717, 1.165) is 43.5 Å². The Kier molecular flexibility index (Phi) is 6.49. The van der Waals surface area contributed by atoms with Gasteiger partial charge in [-0.25, -0.2) is 0 Å². The van der Waals surface area contributed by atoms with Crippen LogP contribution in [-0.4, -0.2) is 37.0 Å².